The summed E-state index contributed by atoms with van der Waals surface area (Å²) in [6.45, 7) is 0.392. The molecule has 0 amide bonds. The van der Waals surface area contributed by atoms with Crippen LogP contribution in [0.4, 0.5) is 13.2 Å². The third-order valence-electron chi connectivity index (χ3n) is 2.42. The van der Waals surface area contributed by atoms with Gasteiger partial charge in [-0.25, -0.2) is 0 Å². The predicted octanol–water partition coefficient (Wildman–Crippen LogP) is 3.09. The third-order valence-corrected chi connectivity index (χ3v) is 2.42. The Hall–Kier alpha value is -1.27. The summed E-state index contributed by atoms with van der Waals surface area (Å²) in [6, 6.07) is 6.89. The van der Waals surface area contributed by atoms with Crippen LogP contribution in [0, 0.1) is 0 Å². The van der Waals surface area contributed by atoms with Crippen LogP contribution in [0.1, 0.15) is 25.0 Å². The van der Waals surface area contributed by atoms with Gasteiger partial charge in [0.05, 0.1) is 12.7 Å². The van der Waals surface area contributed by atoms with Gasteiger partial charge in [-0.05, 0) is 12.5 Å². The molecule has 1 aromatic rings. The van der Waals surface area contributed by atoms with Gasteiger partial charge in [-0.2, -0.15) is 13.2 Å². The average Bonchev–Trinajstić information content (AvgIpc) is 2.36. The van der Waals surface area contributed by atoms with Gasteiger partial charge in [-0.1, -0.05) is 25.1 Å². The minimum Gasteiger partial charge on any atom is -0.491 e. The standard InChI is InChI=1S/C13H17F3O3/c1-2-11(17)10-5-3-4-6-12(10)19-8-7-18-9-13(14,15)16/h3-6,11,17H,2,7-9H2,1H3/t11-/m1/s1. The fraction of sp³-hybridized carbons (Fsp3) is 0.538. The van der Waals surface area contributed by atoms with Crippen molar-refractivity contribution in [2.45, 2.75) is 25.6 Å². The molecule has 0 aromatic heterocycles. The van der Waals surface area contributed by atoms with Gasteiger partial charge in [0.25, 0.3) is 0 Å². The minimum atomic E-state index is -4.32. The molecule has 108 valence electrons. The van der Waals surface area contributed by atoms with Crippen molar-refractivity contribution < 1.29 is 27.8 Å². The number of halogens is 3. The number of alkyl halides is 3. The summed E-state index contributed by atoms with van der Waals surface area (Å²) < 4.78 is 45.2. The first-order valence-electron chi connectivity index (χ1n) is 5.98. The van der Waals surface area contributed by atoms with Crippen LogP contribution >= 0.6 is 0 Å². The van der Waals surface area contributed by atoms with Crippen molar-refractivity contribution in [3.8, 4) is 5.75 Å². The Balaban J connectivity index is 2.41. The third kappa shape index (κ3) is 5.94. The zero-order valence-corrected chi connectivity index (χ0v) is 10.6. The molecule has 1 N–H and O–H groups in total. The molecule has 1 atom stereocenters. The zero-order chi connectivity index (χ0) is 14.3. The maximum absolute atomic E-state index is 11.8. The summed E-state index contributed by atoms with van der Waals surface area (Å²) >= 11 is 0. The monoisotopic (exact) mass is 278 g/mol. The summed E-state index contributed by atoms with van der Waals surface area (Å²) in [6.07, 6.45) is -4.44. The topological polar surface area (TPSA) is 38.7 Å². The molecule has 6 heteroatoms. The molecule has 0 bridgehead atoms. The number of para-hydroxylation sites is 1. The SMILES string of the molecule is CC[C@@H](O)c1ccccc1OCCOCC(F)(F)F. The van der Waals surface area contributed by atoms with Crippen molar-refractivity contribution in [1.29, 1.82) is 0 Å². The quantitative estimate of drug-likeness (QED) is 0.779. The van der Waals surface area contributed by atoms with Crippen LogP contribution in [-0.2, 0) is 4.74 Å². The summed E-state index contributed by atoms with van der Waals surface area (Å²) in [5.74, 6) is 0.465. The lowest BCUT2D eigenvalue weighted by Crippen LogP contribution is -2.19. The number of aliphatic hydroxyl groups is 1. The number of benzene rings is 1. The smallest absolute Gasteiger partial charge is 0.411 e. The maximum Gasteiger partial charge on any atom is 0.411 e. The first-order chi connectivity index (χ1) is 8.94. The van der Waals surface area contributed by atoms with Crippen molar-refractivity contribution >= 4 is 0 Å². The van der Waals surface area contributed by atoms with Crippen LogP contribution in [0.3, 0.4) is 0 Å². The van der Waals surface area contributed by atoms with Crippen molar-refractivity contribution in [2.24, 2.45) is 0 Å². The molecule has 0 aliphatic carbocycles. The first kappa shape index (κ1) is 15.8. The summed E-state index contributed by atoms with van der Waals surface area (Å²) in [5.41, 5.74) is 0.626. The van der Waals surface area contributed by atoms with E-state index in [-0.39, 0.29) is 13.2 Å². The number of rotatable bonds is 7. The number of ether oxygens (including phenoxy) is 2. The van der Waals surface area contributed by atoms with E-state index in [4.69, 9.17) is 4.74 Å². The lowest BCUT2D eigenvalue weighted by atomic mass is 10.1. The fourth-order valence-electron chi connectivity index (χ4n) is 1.51. The van der Waals surface area contributed by atoms with Crippen LogP contribution in [-0.4, -0.2) is 31.1 Å². The predicted molar refractivity (Wildman–Crippen MR) is 64.1 cm³/mol. The lowest BCUT2D eigenvalue weighted by Gasteiger charge is -2.15. The molecule has 0 radical (unpaired) electrons. The van der Waals surface area contributed by atoms with E-state index in [0.717, 1.165) is 0 Å². The van der Waals surface area contributed by atoms with E-state index in [2.05, 4.69) is 4.74 Å². The Morgan fingerprint density at radius 2 is 1.89 bits per heavy atom. The van der Waals surface area contributed by atoms with E-state index >= 15 is 0 Å². The molecule has 0 saturated heterocycles. The zero-order valence-electron chi connectivity index (χ0n) is 10.6. The molecule has 0 unspecified atom stereocenters. The van der Waals surface area contributed by atoms with Crippen molar-refractivity contribution in [2.75, 3.05) is 19.8 Å². The van der Waals surface area contributed by atoms with Gasteiger partial charge in [0.2, 0.25) is 0 Å². The number of hydrogen-bond acceptors (Lipinski definition) is 3. The molecular weight excluding hydrogens is 261 g/mol. The number of aliphatic hydroxyl groups excluding tert-OH is 1. The molecule has 1 rings (SSSR count). The number of hydrogen-bond donors (Lipinski definition) is 1. The van der Waals surface area contributed by atoms with Crippen molar-refractivity contribution in [1.82, 2.24) is 0 Å². The molecule has 3 nitrogen and oxygen atoms in total. The van der Waals surface area contributed by atoms with Gasteiger partial charge in [-0.3, -0.25) is 0 Å². The van der Waals surface area contributed by atoms with E-state index < -0.39 is 18.9 Å². The van der Waals surface area contributed by atoms with Gasteiger partial charge >= 0.3 is 6.18 Å². The minimum absolute atomic E-state index is 0.00350. The summed E-state index contributed by atoms with van der Waals surface area (Å²) in [7, 11) is 0. The Bertz CT molecular complexity index is 380. The Labute approximate surface area is 110 Å². The van der Waals surface area contributed by atoms with Gasteiger partial charge in [0.15, 0.2) is 0 Å². The highest BCUT2D eigenvalue weighted by Crippen LogP contribution is 2.26. The molecule has 0 aliphatic heterocycles. The van der Waals surface area contributed by atoms with E-state index in [1.165, 1.54) is 0 Å². The normalized spacial score (nSPS) is 13.3. The highest BCUT2D eigenvalue weighted by molar-refractivity contribution is 5.34. The molecular formula is C13H17F3O3. The molecule has 0 heterocycles. The Morgan fingerprint density at radius 1 is 1.21 bits per heavy atom. The van der Waals surface area contributed by atoms with Gasteiger partial charge in [-0.15, -0.1) is 0 Å². The van der Waals surface area contributed by atoms with E-state index in [9.17, 15) is 18.3 Å². The molecule has 0 spiro atoms. The van der Waals surface area contributed by atoms with Crippen LogP contribution < -0.4 is 4.74 Å². The molecule has 0 aliphatic rings. The summed E-state index contributed by atoms with van der Waals surface area (Å²) in [5, 5.41) is 9.76. The highest BCUT2D eigenvalue weighted by atomic mass is 19.4. The molecule has 0 fully saturated rings. The first-order valence-corrected chi connectivity index (χ1v) is 5.98. The van der Waals surface area contributed by atoms with Crippen molar-refractivity contribution in [3.63, 3.8) is 0 Å². The largest absolute Gasteiger partial charge is 0.491 e. The second kappa shape index (κ2) is 7.35. The Kier molecular flexibility index (Phi) is 6.11. The highest BCUT2D eigenvalue weighted by Gasteiger charge is 2.27. The lowest BCUT2D eigenvalue weighted by molar-refractivity contribution is -0.175. The second-order valence-corrected chi connectivity index (χ2v) is 3.98. The summed E-state index contributed by atoms with van der Waals surface area (Å²) in [4.78, 5) is 0. The van der Waals surface area contributed by atoms with E-state index in [1.54, 1.807) is 24.3 Å². The Morgan fingerprint density at radius 3 is 2.53 bits per heavy atom. The van der Waals surface area contributed by atoms with Crippen LogP contribution in [0.5, 0.6) is 5.75 Å². The average molecular weight is 278 g/mol. The molecule has 19 heavy (non-hydrogen) atoms. The molecule has 1 aromatic carbocycles. The van der Waals surface area contributed by atoms with Gasteiger partial charge in [0.1, 0.15) is 19.0 Å². The van der Waals surface area contributed by atoms with Crippen LogP contribution in [0.15, 0.2) is 24.3 Å². The molecule has 0 saturated carbocycles. The fourth-order valence-corrected chi connectivity index (χ4v) is 1.51. The van der Waals surface area contributed by atoms with Crippen LogP contribution in [0.2, 0.25) is 0 Å². The second-order valence-electron chi connectivity index (χ2n) is 3.98. The van der Waals surface area contributed by atoms with E-state index in [0.29, 0.717) is 17.7 Å². The van der Waals surface area contributed by atoms with Gasteiger partial charge < -0.3 is 14.6 Å². The van der Waals surface area contributed by atoms with Crippen LogP contribution in [0.25, 0.3) is 0 Å². The maximum atomic E-state index is 11.8. The van der Waals surface area contributed by atoms with E-state index in [1.807, 2.05) is 6.92 Å². The van der Waals surface area contributed by atoms with Gasteiger partial charge in [0, 0.05) is 5.56 Å². The van der Waals surface area contributed by atoms with Crippen molar-refractivity contribution in [3.05, 3.63) is 29.8 Å².